The fourth-order valence-corrected chi connectivity index (χ4v) is 10.8. The largest absolute Gasteiger partial charge is 0.297 e. The molecule has 0 radical (unpaired) electrons. The molecule has 0 N–H and O–H groups in total. The summed E-state index contributed by atoms with van der Waals surface area (Å²) in [6.45, 7) is 11.6. The van der Waals surface area contributed by atoms with Crippen molar-refractivity contribution in [3.63, 3.8) is 0 Å². The molecule has 4 aliphatic heterocycles. The molecule has 0 bridgehead atoms. The highest BCUT2D eigenvalue weighted by molar-refractivity contribution is 7.99. The van der Waals surface area contributed by atoms with Gasteiger partial charge in [0.2, 0.25) is 10.0 Å². The van der Waals surface area contributed by atoms with Crippen LogP contribution in [0.2, 0.25) is 0 Å². The number of thioether (sulfide) groups is 1. The van der Waals surface area contributed by atoms with E-state index >= 15 is 0 Å². The highest BCUT2D eigenvalue weighted by atomic mass is 32.2. The molecule has 2 aromatic heterocycles. The third kappa shape index (κ3) is 8.71. The summed E-state index contributed by atoms with van der Waals surface area (Å²) in [5, 5.41) is 0. The molecule has 0 aliphatic carbocycles. The molecule has 0 atom stereocenters. The molecule has 268 valence electrons. The number of pyridine rings is 2. The number of hydrogen-bond donors (Lipinski definition) is 0. The SMILES string of the molecule is O=S(=O)(c1ccc(CN2CCSCC2)cc1)N1CCc2ccc(CN3CCN(Cc4ccc(SN5CCc6cccnc6C5)cc4)CC3)nc2C1. The molecule has 9 nitrogen and oxygen atoms in total. The predicted octanol–water partition coefficient (Wildman–Crippen LogP) is 5.16. The van der Waals surface area contributed by atoms with Gasteiger partial charge in [0.05, 0.1) is 35.1 Å². The average molecular weight is 742 g/mol. The number of hydrogen-bond acceptors (Lipinski definition) is 10. The van der Waals surface area contributed by atoms with Crippen LogP contribution >= 0.6 is 23.7 Å². The van der Waals surface area contributed by atoms with Gasteiger partial charge in [-0.15, -0.1) is 0 Å². The first-order chi connectivity index (χ1) is 24.9. The zero-order chi connectivity index (χ0) is 34.6. The Kier molecular flexibility index (Phi) is 11.1. The summed E-state index contributed by atoms with van der Waals surface area (Å²) in [4.78, 5) is 18.7. The van der Waals surface area contributed by atoms with E-state index in [2.05, 4.69) is 66.5 Å². The van der Waals surface area contributed by atoms with Crippen molar-refractivity contribution < 1.29 is 8.42 Å². The predicted molar refractivity (Wildman–Crippen MR) is 206 cm³/mol. The first-order valence-corrected chi connectivity index (χ1v) is 21.6. The maximum atomic E-state index is 13.7. The molecule has 4 aliphatic rings. The molecule has 2 fully saturated rings. The van der Waals surface area contributed by atoms with Gasteiger partial charge in [-0.2, -0.15) is 16.1 Å². The Labute approximate surface area is 311 Å². The summed E-state index contributed by atoms with van der Waals surface area (Å²) < 4.78 is 31.3. The van der Waals surface area contributed by atoms with Crippen molar-refractivity contribution in [2.75, 3.05) is 63.9 Å². The molecular formula is C39H47N7O2S3. The lowest BCUT2D eigenvalue weighted by molar-refractivity contribution is 0.121. The van der Waals surface area contributed by atoms with Crippen LogP contribution in [0.5, 0.6) is 0 Å². The van der Waals surface area contributed by atoms with Gasteiger partial charge in [-0.05, 0) is 83.4 Å². The van der Waals surface area contributed by atoms with Crippen LogP contribution in [0, 0.1) is 0 Å². The van der Waals surface area contributed by atoms with Crippen LogP contribution in [0.15, 0.2) is 88.8 Å². The Hall–Kier alpha value is -2.81. The standard InChI is InChI=1S/C39H47N7O2S3/c47-51(48,37-11-5-32(6-12-37)27-44-22-24-49-25-23-44)46-17-14-34-7-8-35(41-39(34)30-46)28-43-20-18-42(19-21-43)26-31-3-9-36(10-4-31)50-45-16-13-33-2-1-15-40-38(33)29-45/h1-12,15H,13-14,16-30H2. The molecular weight excluding hydrogens is 695 g/mol. The van der Waals surface area contributed by atoms with E-state index in [1.165, 1.54) is 38.8 Å². The molecule has 0 unspecified atom stereocenters. The average Bonchev–Trinajstić information content (AvgIpc) is 3.17. The van der Waals surface area contributed by atoms with Crippen LogP contribution in [0.3, 0.4) is 0 Å². The summed E-state index contributed by atoms with van der Waals surface area (Å²) in [6, 6.07) is 25.1. The van der Waals surface area contributed by atoms with E-state index in [1.54, 1.807) is 16.4 Å². The van der Waals surface area contributed by atoms with Crippen molar-refractivity contribution in [2.45, 2.75) is 55.4 Å². The second-order valence-electron chi connectivity index (χ2n) is 14.0. The van der Waals surface area contributed by atoms with Crippen molar-refractivity contribution in [1.29, 1.82) is 0 Å². The summed E-state index contributed by atoms with van der Waals surface area (Å²) in [5.41, 5.74) is 8.16. The molecule has 0 amide bonds. The molecule has 2 aromatic carbocycles. The van der Waals surface area contributed by atoms with Gasteiger partial charge >= 0.3 is 0 Å². The molecule has 12 heteroatoms. The summed E-state index contributed by atoms with van der Waals surface area (Å²) in [6.07, 6.45) is 3.64. The van der Waals surface area contributed by atoms with E-state index in [4.69, 9.17) is 4.98 Å². The smallest absolute Gasteiger partial charge is 0.243 e. The lowest BCUT2D eigenvalue weighted by Gasteiger charge is -2.35. The van der Waals surface area contributed by atoms with E-state index in [0.29, 0.717) is 24.4 Å². The van der Waals surface area contributed by atoms with Crippen molar-refractivity contribution in [3.05, 3.63) is 118 Å². The normalized spacial score (nSPS) is 19.8. The number of fused-ring (bicyclic) bond motifs is 2. The van der Waals surface area contributed by atoms with Gasteiger partial charge in [-0.1, -0.05) is 36.4 Å². The summed E-state index contributed by atoms with van der Waals surface area (Å²) >= 11 is 3.83. The van der Waals surface area contributed by atoms with E-state index in [0.717, 1.165) is 95.4 Å². The summed E-state index contributed by atoms with van der Waals surface area (Å²) in [7, 11) is -3.59. The first-order valence-electron chi connectivity index (χ1n) is 18.2. The second kappa shape index (κ2) is 16.1. The zero-order valence-electron chi connectivity index (χ0n) is 29.2. The molecule has 51 heavy (non-hydrogen) atoms. The van der Waals surface area contributed by atoms with E-state index < -0.39 is 10.0 Å². The summed E-state index contributed by atoms with van der Waals surface area (Å²) in [5.74, 6) is 2.33. The Morgan fingerprint density at radius 3 is 2.04 bits per heavy atom. The van der Waals surface area contributed by atoms with Gasteiger partial charge in [0, 0.05) is 94.6 Å². The number of sulfonamides is 1. The molecule has 2 saturated heterocycles. The van der Waals surface area contributed by atoms with Gasteiger partial charge in [0.1, 0.15) is 0 Å². The number of nitrogens with zero attached hydrogens (tertiary/aromatic N) is 7. The third-order valence-corrected chi connectivity index (χ3v) is 14.4. The van der Waals surface area contributed by atoms with E-state index in [-0.39, 0.29) is 0 Å². The minimum atomic E-state index is -3.59. The highest BCUT2D eigenvalue weighted by Crippen LogP contribution is 2.29. The van der Waals surface area contributed by atoms with Crippen LogP contribution in [0.25, 0.3) is 0 Å². The minimum Gasteiger partial charge on any atom is -0.297 e. The number of benzene rings is 2. The topological polar surface area (TPSA) is 76.1 Å². The van der Waals surface area contributed by atoms with Gasteiger partial charge in [-0.25, -0.2) is 12.7 Å². The zero-order valence-corrected chi connectivity index (χ0v) is 31.6. The van der Waals surface area contributed by atoms with Gasteiger partial charge in [-0.3, -0.25) is 24.7 Å². The van der Waals surface area contributed by atoms with Crippen LogP contribution in [-0.2, 0) is 55.6 Å². The Morgan fingerprint density at radius 2 is 1.29 bits per heavy atom. The number of aromatic nitrogens is 2. The Morgan fingerprint density at radius 1 is 0.647 bits per heavy atom. The van der Waals surface area contributed by atoms with Crippen LogP contribution in [0.4, 0.5) is 0 Å². The van der Waals surface area contributed by atoms with E-state index in [1.807, 2.05) is 48.1 Å². The number of rotatable bonds is 10. The fourth-order valence-electron chi connectivity index (χ4n) is 7.47. The fraction of sp³-hybridized carbons (Fsp3) is 0.436. The maximum Gasteiger partial charge on any atom is 0.243 e. The first kappa shape index (κ1) is 35.2. The van der Waals surface area contributed by atoms with Crippen LogP contribution in [-0.4, -0.2) is 106 Å². The third-order valence-electron chi connectivity index (χ3n) is 10.5. The lowest BCUT2D eigenvalue weighted by atomic mass is 10.1. The molecule has 6 heterocycles. The van der Waals surface area contributed by atoms with Gasteiger partial charge in [0.25, 0.3) is 0 Å². The van der Waals surface area contributed by atoms with Gasteiger partial charge < -0.3 is 0 Å². The second-order valence-corrected chi connectivity index (χ2v) is 18.4. The van der Waals surface area contributed by atoms with Crippen LogP contribution in [0.1, 0.15) is 39.3 Å². The molecule has 4 aromatic rings. The van der Waals surface area contributed by atoms with Crippen LogP contribution < -0.4 is 0 Å². The monoisotopic (exact) mass is 741 g/mol. The Bertz CT molecular complexity index is 1900. The van der Waals surface area contributed by atoms with Gasteiger partial charge in [0.15, 0.2) is 0 Å². The van der Waals surface area contributed by atoms with Crippen molar-refractivity contribution in [3.8, 4) is 0 Å². The van der Waals surface area contributed by atoms with E-state index in [9.17, 15) is 8.42 Å². The Balaban J connectivity index is 0.807. The molecule has 0 spiro atoms. The van der Waals surface area contributed by atoms with Crippen molar-refractivity contribution in [1.82, 2.24) is 33.3 Å². The highest BCUT2D eigenvalue weighted by Gasteiger charge is 2.30. The van der Waals surface area contributed by atoms with Crippen molar-refractivity contribution in [2.24, 2.45) is 0 Å². The molecule has 8 rings (SSSR count). The minimum absolute atomic E-state index is 0.326. The molecule has 0 saturated carbocycles. The lowest BCUT2D eigenvalue weighted by Crippen LogP contribution is -2.45. The number of piperazine rings is 1. The quantitative estimate of drug-likeness (QED) is 0.204. The van der Waals surface area contributed by atoms with Crippen molar-refractivity contribution >= 4 is 33.7 Å². The maximum absolute atomic E-state index is 13.7.